The molecule has 6 heteroatoms. The number of amides is 2. The molecule has 0 aliphatic heterocycles. The number of nitrogens with one attached hydrogen (secondary N) is 2. The lowest BCUT2D eigenvalue weighted by Crippen LogP contribution is -2.40. The second kappa shape index (κ2) is 9.15. The van der Waals surface area contributed by atoms with Crippen LogP contribution >= 0.6 is 0 Å². The minimum Gasteiger partial charge on any atom is -0.472 e. The highest BCUT2D eigenvalue weighted by Gasteiger charge is 2.14. The van der Waals surface area contributed by atoms with E-state index >= 15 is 0 Å². The number of carbonyl (C=O) groups is 2. The van der Waals surface area contributed by atoms with Crippen molar-refractivity contribution >= 4 is 11.8 Å². The Morgan fingerprint density at radius 3 is 2.65 bits per heavy atom. The molecule has 1 atom stereocenters. The van der Waals surface area contributed by atoms with E-state index in [0.29, 0.717) is 18.5 Å². The molecule has 0 radical (unpaired) electrons. The summed E-state index contributed by atoms with van der Waals surface area (Å²) in [6.45, 7) is 0.708. The predicted octanol–water partition coefficient (Wildman–Crippen LogP) is 1.83. The zero-order chi connectivity index (χ0) is 16.5. The molecule has 3 N–H and O–H groups in total. The van der Waals surface area contributed by atoms with Gasteiger partial charge in [0.2, 0.25) is 0 Å². The molecule has 0 aromatic carbocycles. The van der Waals surface area contributed by atoms with E-state index in [2.05, 4.69) is 16.7 Å². The van der Waals surface area contributed by atoms with Crippen molar-refractivity contribution in [2.24, 2.45) is 0 Å². The summed E-state index contributed by atoms with van der Waals surface area (Å²) in [6, 6.07) is 1.67. The lowest BCUT2D eigenvalue weighted by Gasteiger charge is -2.13. The minimum absolute atomic E-state index is 0.226. The van der Waals surface area contributed by atoms with Gasteiger partial charge < -0.3 is 20.2 Å². The second-order valence-corrected chi connectivity index (χ2v) is 5.73. The lowest BCUT2D eigenvalue weighted by atomic mass is 9.97. The highest BCUT2D eigenvalue weighted by Crippen LogP contribution is 2.19. The van der Waals surface area contributed by atoms with Crippen molar-refractivity contribution in [2.75, 3.05) is 13.1 Å². The van der Waals surface area contributed by atoms with E-state index in [9.17, 15) is 14.7 Å². The zero-order valence-electron chi connectivity index (χ0n) is 13.2. The smallest absolute Gasteiger partial charge is 0.309 e. The van der Waals surface area contributed by atoms with Crippen LogP contribution in [-0.4, -0.2) is 30.0 Å². The van der Waals surface area contributed by atoms with E-state index < -0.39 is 17.9 Å². The number of rotatable bonds is 7. The molecule has 0 fully saturated rings. The van der Waals surface area contributed by atoms with Gasteiger partial charge in [-0.1, -0.05) is 11.6 Å². The first-order chi connectivity index (χ1) is 11.2. The fourth-order valence-corrected chi connectivity index (χ4v) is 2.58. The Balaban J connectivity index is 1.59. The average Bonchev–Trinajstić information content (AvgIpc) is 3.10. The van der Waals surface area contributed by atoms with Crippen LogP contribution in [0.25, 0.3) is 0 Å². The molecule has 1 aliphatic rings. The van der Waals surface area contributed by atoms with Crippen LogP contribution in [0.1, 0.15) is 50.2 Å². The van der Waals surface area contributed by atoms with E-state index in [-0.39, 0.29) is 6.54 Å². The third-order valence-electron chi connectivity index (χ3n) is 3.95. The molecular formula is C17H24N2O4. The number of aliphatic hydroxyl groups is 1. The molecule has 2 amide bonds. The van der Waals surface area contributed by atoms with Gasteiger partial charge in [-0.05, 0) is 44.6 Å². The van der Waals surface area contributed by atoms with E-state index in [1.165, 1.54) is 30.9 Å². The largest absolute Gasteiger partial charge is 0.472 e. The van der Waals surface area contributed by atoms with Gasteiger partial charge in [-0.3, -0.25) is 9.59 Å². The van der Waals surface area contributed by atoms with Crippen molar-refractivity contribution in [2.45, 2.75) is 44.6 Å². The van der Waals surface area contributed by atoms with Crippen LogP contribution in [0, 0.1) is 0 Å². The van der Waals surface area contributed by atoms with Crippen LogP contribution in [0.15, 0.2) is 34.7 Å². The third kappa shape index (κ3) is 5.90. The average molecular weight is 320 g/mol. The first kappa shape index (κ1) is 17.3. The van der Waals surface area contributed by atoms with Crippen molar-refractivity contribution in [1.82, 2.24) is 10.6 Å². The molecular weight excluding hydrogens is 296 g/mol. The molecule has 23 heavy (non-hydrogen) atoms. The minimum atomic E-state index is -0.713. The molecule has 0 saturated heterocycles. The molecule has 1 unspecified atom stereocenters. The zero-order valence-corrected chi connectivity index (χ0v) is 13.2. The SMILES string of the molecule is O=C(NCCC1=CCCCC1)C(=O)NCCC(O)c1ccoc1. The first-order valence-electron chi connectivity index (χ1n) is 8.11. The summed E-state index contributed by atoms with van der Waals surface area (Å²) in [5, 5.41) is 15.0. The number of carbonyl (C=O) groups excluding carboxylic acids is 2. The maximum Gasteiger partial charge on any atom is 0.309 e. The second-order valence-electron chi connectivity index (χ2n) is 5.73. The molecule has 6 nitrogen and oxygen atoms in total. The molecule has 2 rings (SSSR count). The fourth-order valence-electron chi connectivity index (χ4n) is 2.58. The van der Waals surface area contributed by atoms with Crippen molar-refractivity contribution in [3.63, 3.8) is 0 Å². The summed E-state index contributed by atoms with van der Waals surface area (Å²) in [7, 11) is 0. The standard InChI is InChI=1S/C17H24N2O4/c20-15(14-8-11-23-12-14)7-10-19-17(22)16(21)18-9-6-13-4-2-1-3-5-13/h4,8,11-12,15,20H,1-3,5-7,9-10H2,(H,18,21)(H,19,22). The van der Waals surface area contributed by atoms with E-state index in [1.54, 1.807) is 6.07 Å². The topological polar surface area (TPSA) is 91.6 Å². The van der Waals surface area contributed by atoms with E-state index in [4.69, 9.17) is 4.42 Å². The van der Waals surface area contributed by atoms with Crippen LogP contribution in [0.2, 0.25) is 0 Å². The molecule has 126 valence electrons. The van der Waals surface area contributed by atoms with Gasteiger partial charge in [-0.15, -0.1) is 0 Å². The maximum absolute atomic E-state index is 11.7. The molecule has 1 aromatic heterocycles. The third-order valence-corrected chi connectivity index (χ3v) is 3.95. The molecule has 1 aliphatic carbocycles. The lowest BCUT2D eigenvalue weighted by molar-refractivity contribution is -0.139. The summed E-state index contributed by atoms with van der Waals surface area (Å²) in [5.74, 6) is -1.29. The Hall–Kier alpha value is -2.08. The molecule has 1 heterocycles. The van der Waals surface area contributed by atoms with Crippen molar-refractivity contribution < 1.29 is 19.1 Å². The Bertz CT molecular complexity index is 537. The van der Waals surface area contributed by atoms with Crippen molar-refractivity contribution in [3.8, 4) is 0 Å². The fraction of sp³-hybridized carbons (Fsp3) is 0.529. The van der Waals surface area contributed by atoms with Crippen molar-refractivity contribution in [1.29, 1.82) is 0 Å². The van der Waals surface area contributed by atoms with Gasteiger partial charge in [-0.25, -0.2) is 0 Å². The molecule has 0 bridgehead atoms. The summed E-state index contributed by atoms with van der Waals surface area (Å²) in [4.78, 5) is 23.3. The van der Waals surface area contributed by atoms with Gasteiger partial charge in [0, 0.05) is 18.7 Å². The molecule has 1 aromatic rings. The van der Waals surface area contributed by atoms with Gasteiger partial charge in [0.15, 0.2) is 0 Å². The van der Waals surface area contributed by atoms with Gasteiger partial charge in [0.1, 0.15) is 0 Å². The monoisotopic (exact) mass is 320 g/mol. The van der Waals surface area contributed by atoms with E-state index in [0.717, 1.165) is 19.3 Å². The number of aliphatic hydroxyl groups excluding tert-OH is 1. The van der Waals surface area contributed by atoms with Gasteiger partial charge in [0.05, 0.1) is 18.6 Å². The summed E-state index contributed by atoms with van der Waals surface area (Å²) in [5.41, 5.74) is 2.02. The Morgan fingerprint density at radius 2 is 2.00 bits per heavy atom. The van der Waals surface area contributed by atoms with Crippen LogP contribution in [0.3, 0.4) is 0 Å². The highest BCUT2D eigenvalue weighted by molar-refractivity contribution is 6.35. The Labute approximate surface area is 135 Å². The Kier molecular flexibility index (Phi) is 6.87. The maximum atomic E-state index is 11.7. The predicted molar refractivity (Wildman–Crippen MR) is 85.5 cm³/mol. The van der Waals surface area contributed by atoms with Gasteiger partial charge >= 0.3 is 11.8 Å². The number of hydrogen-bond acceptors (Lipinski definition) is 4. The Morgan fingerprint density at radius 1 is 1.22 bits per heavy atom. The van der Waals surface area contributed by atoms with Crippen molar-refractivity contribution in [3.05, 3.63) is 35.8 Å². The quantitative estimate of drug-likeness (QED) is 0.528. The number of hydrogen-bond donors (Lipinski definition) is 3. The normalized spacial score (nSPS) is 15.6. The van der Waals surface area contributed by atoms with Crippen LogP contribution in [0.4, 0.5) is 0 Å². The number of furan rings is 1. The van der Waals surface area contributed by atoms with Crippen LogP contribution in [-0.2, 0) is 9.59 Å². The van der Waals surface area contributed by atoms with E-state index in [1.807, 2.05) is 0 Å². The van der Waals surface area contributed by atoms with Crippen LogP contribution in [0.5, 0.6) is 0 Å². The molecule has 0 saturated carbocycles. The first-order valence-corrected chi connectivity index (χ1v) is 8.11. The van der Waals surface area contributed by atoms with Gasteiger partial charge in [0.25, 0.3) is 0 Å². The summed E-state index contributed by atoms with van der Waals surface area (Å²) >= 11 is 0. The summed E-state index contributed by atoms with van der Waals surface area (Å²) in [6.07, 6.45) is 10.2. The molecule has 0 spiro atoms. The van der Waals surface area contributed by atoms with Gasteiger partial charge in [-0.2, -0.15) is 0 Å². The number of allylic oxidation sites excluding steroid dienone is 1. The summed E-state index contributed by atoms with van der Waals surface area (Å²) < 4.78 is 4.88. The highest BCUT2D eigenvalue weighted by atomic mass is 16.3. The van der Waals surface area contributed by atoms with Crippen LogP contribution < -0.4 is 10.6 Å².